The van der Waals surface area contributed by atoms with E-state index in [0.29, 0.717) is 17.2 Å². The SMILES string of the molecule is Cc1ccc(C)c(S(=O)(=O)CCCCCl)c1. The molecule has 0 aliphatic carbocycles. The van der Waals surface area contributed by atoms with Crippen LogP contribution in [-0.2, 0) is 9.84 Å². The van der Waals surface area contributed by atoms with Gasteiger partial charge in [-0.2, -0.15) is 0 Å². The quantitative estimate of drug-likeness (QED) is 0.602. The maximum Gasteiger partial charge on any atom is 0.178 e. The number of alkyl halides is 1. The van der Waals surface area contributed by atoms with Crippen molar-refractivity contribution in [3.63, 3.8) is 0 Å². The minimum atomic E-state index is -3.14. The Morgan fingerprint density at radius 1 is 1.19 bits per heavy atom. The lowest BCUT2D eigenvalue weighted by Crippen LogP contribution is -2.09. The summed E-state index contributed by atoms with van der Waals surface area (Å²) in [6, 6.07) is 5.52. The Morgan fingerprint density at radius 3 is 2.50 bits per heavy atom. The fourth-order valence-electron chi connectivity index (χ4n) is 1.54. The molecule has 0 bridgehead atoms. The van der Waals surface area contributed by atoms with Gasteiger partial charge in [-0.15, -0.1) is 11.6 Å². The second-order valence-corrected chi connectivity index (χ2v) is 6.44. The van der Waals surface area contributed by atoms with Gasteiger partial charge in [-0.1, -0.05) is 12.1 Å². The van der Waals surface area contributed by atoms with E-state index in [4.69, 9.17) is 11.6 Å². The second kappa shape index (κ2) is 5.69. The van der Waals surface area contributed by atoms with Crippen molar-refractivity contribution in [1.82, 2.24) is 0 Å². The Bertz CT molecular complexity index is 452. The van der Waals surface area contributed by atoms with Crippen molar-refractivity contribution in [3.05, 3.63) is 29.3 Å². The van der Waals surface area contributed by atoms with Crippen LogP contribution >= 0.6 is 11.6 Å². The van der Waals surface area contributed by atoms with Gasteiger partial charge in [-0.25, -0.2) is 8.42 Å². The Kier molecular flexibility index (Phi) is 4.81. The average molecular weight is 261 g/mol. The van der Waals surface area contributed by atoms with Crippen molar-refractivity contribution < 1.29 is 8.42 Å². The molecule has 1 rings (SSSR count). The van der Waals surface area contributed by atoms with Crippen molar-refractivity contribution >= 4 is 21.4 Å². The summed E-state index contributed by atoms with van der Waals surface area (Å²) in [6.45, 7) is 3.73. The van der Waals surface area contributed by atoms with E-state index in [1.165, 1.54) is 0 Å². The molecule has 1 aromatic rings. The highest BCUT2D eigenvalue weighted by Gasteiger charge is 2.16. The van der Waals surface area contributed by atoms with E-state index in [1.54, 1.807) is 6.07 Å². The summed E-state index contributed by atoms with van der Waals surface area (Å²) >= 11 is 5.54. The van der Waals surface area contributed by atoms with E-state index in [2.05, 4.69) is 0 Å². The fourth-order valence-corrected chi connectivity index (χ4v) is 3.46. The van der Waals surface area contributed by atoms with Crippen LogP contribution in [0.1, 0.15) is 24.0 Å². The largest absolute Gasteiger partial charge is 0.224 e. The lowest BCUT2D eigenvalue weighted by molar-refractivity contribution is 0.592. The highest BCUT2D eigenvalue weighted by Crippen LogP contribution is 2.19. The van der Waals surface area contributed by atoms with Crippen LogP contribution < -0.4 is 0 Å². The minimum absolute atomic E-state index is 0.185. The normalized spacial score (nSPS) is 11.7. The summed E-state index contributed by atoms with van der Waals surface area (Å²) in [5.41, 5.74) is 1.79. The Morgan fingerprint density at radius 2 is 1.88 bits per heavy atom. The lowest BCUT2D eigenvalue weighted by atomic mass is 10.2. The number of halogens is 1. The van der Waals surface area contributed by atoms with Gasteiger partial charge in [0.2, 0.25) is 0 Å². The molecule has 0 radical (unpaired) electrons. The molecule has 0 amide bonds. The Labute approximate surface area is 103 Å². The average Bonchev–Trinajstić information content (AvgIpc) is 2.22. The zero-order chi connectivity index (χ0) is 12.2. The van der Waals surface area contributed by atoms with Crippen LogP contribution in [0.5, 0.6) is 0 Å². The molecule has 90 valence electrons. The molecule has 0 fully saturated rings. The van der Waals surface area contributed by atoms with Crippen LogP contribution in [0.25, 0.3) is 0 Å². The number of benzene rings is 1. The van der Waals surface area contributed by atoms with E-state index in [9.17, 15) is 8.42 Å². The van der Waals surface area contributed by atoms with Crippen molar-refractivity contribution in [2.24, 2.45) is 0 Å². The summed E-state index contributed by atoms with van der Waals surface area (Å²) in [5.74, 6) is 0.701. The predicted octanol–water partition coefficient (Wildman–Crippen LogP) is 3.10. The van der Waals surface area contributed by atoms with Gasteiger partial charge in [-0.3, -0.25) is 0 Å². The molecule has 0 saturated heterocycles. The van der Waals surface area contributed by atoms with Crippen LogP contribution in [0.2, 0.25) is 0 Å². The van der Waals surface area contributed by atoms with Crippen LogP contribution in [0.15, 0.2) is 23.1 Å². The maximum absolute atomic E-state index is 12.0. The third-order valence-electron chi connectivity index (χ3n) is 2.48. The standard InChI is InChI=1S/C12H17ClO2S/c1-10-5-6-11(2)12(9-10)16(14,15)8-4-3-7-13/h5-6,9H,3-4,7-8H2,1-2H3. The van der Waals surface area contributed by atoms with Gasteiger partial charge in [-0.05, 0) is 43.9 Å². The molecule has 0 aliphatic rings. The van der Waals surface area contributed by atoms with E-state index in [0.717, 1.165) is 17.5 Å². The molecule has 0 aliphatic heterocycles. The van der Waals surface area contributed by atoms with Crippen LogP contribution in [0.3, 0.4) is 0 Å². The number of unbranched alkanes of at least 4 members (excludes halogenated alkanes) is 1. The second-order valence-electron chi connectivity index (χ2n) is 3.98. The van der Waals surface area contributed by atoms with Gasteiger partial charge >= 0.3 is 0 Å². The van der Waals surface area contributed by atoms with E-state index in [-0.39, 0.29) is 5.75 Å². The van der Waals surface area contributed by atoms with E-state index < -0.39 is 9.84 Å². The smallest absolute Gasteiger partial charge is 0.178 e. The molecule has 0 unspecified atom stereocenters. The van der Waals surface area contributed by atoms with E-state index >= 15 is 0 Å². The molecule has 0 saturated carbocycles. The van der Waals surface area contributed by atoms with Gasteiger partial charge in [0, 0.05) is 5.88 Å². The molecule has 0 heterocycles. The summed E-state index contributed by atoms with van der Waals surface area (Å²) in [6.07, 6.45) is 1.37. The third-order valence-corrected chi connectivity index (χ3v) is 4.68. The van der Waals surface area contributed by atoms with Gasteiger partial charge in [0.25, 0.3) is 0 Å². The van der Waals surface area contributed by atoms with E-state index in [1.807, 2.05) is 26.0 Å². The van der Waals surface area contributed by atoms with Crippen LogP contribution in [0, 0.1) is 13.8 Å². The number of hydrogen-bond donors (Lipinski definition) is 0. The molecular formula is C12H17ClO2S. The number of aryl methyl sites for hydroxylation is 2. The topological polar surface area (TPSA) is 34.1 Å². The van der Waals surface area contributed by atoms with Crippen molar-refractivity contribution in [1.29, 1.82) is 0 Å². The zero-order valence-electron chi connectivity index (χ0n) is 9.66. The van der Waals surface area contributed by atoms with Gasteiger partial charge in [0.15, 0.2) is 9.84 Å². The highest BCUT2D eigenvalue weighted by atomic mass is 35.5. The fraction of sp³-hybridized carbons (Fsp3) is 0.500. The molecule has 16 heavy (non-hydrogen) atoms. The first-order valence-corrected chi connectivity index (χ1v) is 7.52. The monoisotopic (exact) mass is 260 g/mol. The predicted molar refractivity (Wildman–Crippen MR) is 67.9 cm³/mol. The third kappa shape index (κ3) is 3.49. The Balaban J connectivity index is 2.93. The maximum atomic E-state index is 12.0. The zero-order valence-corrected chi connectivity index (χ0v) is 11.2. The first kappa shape index (κ1) is 13.5. The molecule has 0 atom stereocenters. The summed E-state index contributed by atoms with van der Waals surface area (Å²) < 4.78 is 24.1. The van der Waals surface area contributed by atoms with Crippen LogP contribution in [0.4, 0.5) is 0 Å². The van der Waals surface area contributed by atoms with Crippen LogP contribution in [-0.4, -0.2) is 20.1 Å². The molecule has 1 aromatic carbocycles. The van der Waals surface area contributed by atoms with Gasteiger partial charge in [0.1, 0.15) is 0 Å². The van der Waals surface area contributed by atoms with Gasteiger partial charge < -0.3 is 0 Å². The lowest BCUT2D eigenvalue weighted by Gasteiger charge is -2.08. The first-order valence-electron chi connectivity index (χ1n) is 5.33. The molecule has 4 heteroatoms. The van der Waals surface area contributed by atoms with Crippen molar-refractivity contribution in [2.75, 3.05) is 11.6 Å². The minimum Gasteiger partial charge on any atom is -0.224 e. The number of rotatable bonds is 5. The molecule has 0 N–H and O–H groups in total. The molecule has 0 spiro atoms. The van der Waals surface area contributed by atoms with Crippen molar-refractivity contribution in [3.8, 4) is 0 Å². The Hall–Kier alpha value is -0.540. The molecular weight excluding hydrogens is 244 g/mol. The molecule has 2 nitrogen and oxygen atoms in total. The summed E-state index contributed by atoms with van der Waals surface area (Å²) in [5, 5.41) is 0. The van der Waals surface area contributed by atoms with Gasteiger partial charge in [0.05, 0.1) is 10.6 Å². The van der Waals surface area contributed by atoms with Crippen molar-refractivity contribution in [2.45, 2.75) is 31.6 Å². The summed E-state index contributed by atoms with van der Waals surface area (Å²) in [4.78, 5) is 0.460. The summed E-state index contributed by atoms with van der Waals surface area (Å²) in [7, 11) is -3.14. The first-order chi connectivity index (χ1) is 7.47. The number of hydrogen-bond acceptors (Lipinski definition) is 2. The molecule has 0 aromatic heterocycles. The number of sulfone groups is 1. The highest BCUT2D eigenvalue weighted by molar-refractivity contribution is 7.91.